The summed E-state index contributed by atoms with van der Waals surface area (Å²) in [5, 5.41) is 17.6. The Bertz CT molecular complexity index is 1230. The van der Waals surface area contributed by atoms with Crippen LogP contribution in [0.1, 0.15) is 53.4 Å². The zero-order valence-corrected chi connectivity index (χ0v) is 22.3. The van der Waals surface area contributed by atoms with Crippen LogP contribution >= 0.6 is 11.8 Å². The highest BCUT2D eigenvalue weighted by Crippen LogP contribution is 2.33. The van der Waals surface area contributed by atoms with Crippen LogP contribution < -0.4 is 16.4 Å². The van der Waals surface area contributed by atoms with Gasteiger partial charge in [0, 0.05) is 24.9 Å². The second kappa shape index (κ2) is 10.7. The lowest BCUT2D eigenvalue weighted by Crippen LogP contribution is -2.58. The van der Waals surface area contributed by atoms with E-state index in [-0.39, 0.29) is 11.3 Å². The van der Waals surface area contributed by atoms with Gasteiger partial charge < -0.3 is 20.0 Å². The zero-order valence-electron chi connectivity index (χ0n) is 21.5. The molecule has 192 valence electrons. The molecule has 4 rings (SSSR count). The number of anilines is 1. The Balaban J connectivity index is 1.47. The van der Waals surface area contributed by atoms with Crippen LogP contribution in [0.3, 0.4) is 0 Å². The van der Waals surface area contributed by atoms with E-state index in [1.54, 1.807) is 18.2 Å². The van der Waals surface area contributed by atoms with Crippen molar-refractivity contribution in [2.24, 2.45) is 5.41 Å². The second-order valence-electron chi connectivity index (χ2n) is 11.1. The van der Waals surface area contributed by atoms with E-state index in [1.807, 2.05) is 17.8 Å². The summed E-state index contributed by atoms with van der Waals surface area (Å²) in [5.41, 5.74) is -0.687. The number of carbonyl (C=O) groups is 1. The molecule has 0 bridgehead atoms. The van der Waals surface area contributed by atoms with Crippen molar-refractivity contribution in [3.05, 3.63) is 45.8 Å². The van der Waals surface area contributed by atoms with E-state index in [2.05, 4.69) is 60.4 Å². The molecule has 2 aromatic rings. The number of nitrogens with zero attached hydrogens (tertiary/aromatic N) is 3. The normalized spacial score (nSPS) is 21.0. The van der Waals surface area contributed by atoms with Gasteiger partial charge in [-0.1, -0.05) is 39.0 Å². The lowest BCUT2D eigenvalue weighted by molar-refractivity contribution is -0.124. The van der Waals surface area contributed by atoms with Crippen molar-refractivity contribution in [3.8, 4) is 6.07 Å². The van der Waals surface area contributed by atoms with E-state index in [0.717, 1.165) is 26.1 Å². The highest BCUT2D eigenvalue weighted by molar-refractivity contribution is 8.03. The number of hydrogen-bond acceptors (Lipinski definition) is 8. The first-order chi connectivity index (χ1) is 17.1. The molecule has 1 aromatic heterocycles. The minimum atomic E-state index is -0.909. The lowest BCUT2D eigenvalue weighted by atomic mass is 9.85. The molecule has 2 atom stereocenters. The third-order valence-corrected chi connectivity index (χ3v) is 7.97. The molecular formula is C27H35N5O3S. The molecule has 0 spiro atoms. The summed E-state index contributed by atoms with van der Waals surface area (Å²) in [4.78, 5) is 33.4. The van der Waals surface area contributed by atoms with Gasteiger partial charge in [0.25, 0.3) is 0 Å². The fourth-order valence-corrected chi connectivity index (χ4v) is 6.07. The molecule has 3 heterocycles. The molecule has 36 heavy (non-hydrogen) atoms. The Labute approximate surface area is 216 Å². The molecule has 0 radical (unpaired) electrons. The number of hydrogen-bond donors (Lipinski definition) is 2. The molecule has 1 fully saturated rings. The van der Waals surface area contributed by atoms with Crippen molar-refractivity contribution in [1.82, 2.24) is 15.2 Å². The Hall–Kier alpha value is -2.83. The van der Waals surface area contributed by atoms with Gasteiger partial charge in [-0.15, -0.1) is 11.8 Å². The number of para-hydroxylation sites is 1. The van der Waals surface area contributed by atoms with Gasteiger partial charge in [0.05, 0.1) is 11.5 Å². The molecule has 0 aliphatic carbocycles. The second-order valence-corrected chi connectivity index (χ2v) is 12.6. The van der Waals surface area contributed by atoms with Gasteiger partial charge in [-0.3, -0.25) is 4.79 Å². The third-order valence-electron chi connectivity index (χ3n) is 6.76. The number of likely N-dealkylation sites (tertiary alicyclic amines) is 1. The van der Waals surface area contributed by atoms with Crippen molar-refractivity contribution in [3.63, 3.8) is 0 Å². The van der Waals surface area contributed by atoms with Gasteiger partial charge in [0.15, 0.2) is 0 Å². The quantitative estimate of drug-likeness (QED) is 0.569. The number of nitrogens with one attached hydrogen (secondary N) is 2. The summed E-state index contributed by atoms with van der Waals surface area (Å²) in [5.74, 6) is -0.673. The van der Waals surface area contributed by atoms with Crippen LogP contribution in [-0.4, -0.2) is 52.3 Å². The zero-order chi connectivity index (χ0) is 25.9. The van der Waals surface area contributed by atoms with Crippen LogP contribution in [0.15, 0.2) is 44.5 Å². The van der Waals surface area contributed by atoms with E-state index in [0.29, 0.717) is 41.3 Å². The molecule has 2 aliphatic rings. The fraction of sp³-hybridized carbons (Fsp3) is 0.556. The topological polar surface area (TPSA) is 111 Å². The Morgan fingerprint density at radius 3 is 2.69 bits per heavy atom. The Kier molecular flexibility index (Phi) is 7.76. The van der Waals surface area contributed by atoms with E-state index in [1.165, 1.54) is 4.91 Å². The van der Waals surface area contributed by atoms with Gasteiger partial charge in [-0.2, -0.15) is 10.2 Å². The SMILES string of the molecule is CC1=CCC(CN2CCC(C#N)(NC(=O)C(CC(C)(C)C)Nc3nc(=O)oc4ccccc34)CC2)S1. The largest absolute Gasteiger partial charge is 0.441 e. The summed E-state index contributed by atoms with van der Waals surface area (Å²) in [7, 11) is 0. The summed E-state index contributed by atoms with van der Waals surface area (Å²) < 4.78 is 5.20. The maximum absolute atomic E-state index is 13.6. The van der Waals surface area contributed by atoms with Crippen LogP contribution in [0, 0.1) is 16.7 Å². The van der Waals surface area contributed by atoms with Crippen LogP contribution in [-0.2, 0) is 4.79 Å². The Morgan fingerprint density at radius 2 is 2.06 bits per heavy atom. The van der Waals surface area contributed by atoms with Crippen molar-refractivity contribution in [1.29, 1.82) is 5.26 Å². The van der Waals surface area contributed by atoms with Crippen LogP contribution in [0.4, 0.5) is 5.82 Å². The predicted molar refractivity (Wildman–Crippen MR) is 144 cm³/mol. The molecule has 1 aromatic carbocycles. The Morgan fingerprint density at radius 1 is 1.33 bits per heavy atom. The molecule has 9 heteroatoms. The van der Waals surface area contributed by atoms with Crippen molar-refractivity contribution < 1.29 is 9.21 Å². The average molecular weight is 510 g/mol. The van der Waals surface area contributed by atoms with Gasteiger partial charge in [0.2, 0.25) is 5.91 Å². The highest BCUT2D eigenvalue weighted by atomic mass is 32.2. The summed E-state index contributed by atoms with van der Waals surface area (Å²) in [6, 6.07) is 8.84. The molecule has 2 N–H and O–H groups in total. The van der Waals surface area contributed by atoms with Gasteiger partial charge in [-0.25, -0.2) is 4.79 Å². The van der Waals surface area contributed by atoms with E-state index in [9.17, 15) is 14.9 Å². The third kappa shape index (κ3) is 6.48. The summed E-state index contributed by atoms with van der Waals surface area (Å²) in [6.45, 7) is 10.8. The van der Waals surface area contributed by atoms with Crippen LogP contribution in [0.25, 0.3) is 11.0 Å². The van der Waals surface area contributed by atoms with Crippen molar-refractivity contribution in [2.75, 3.05) is 25.0 Å². The maximum Gasteiger partial charge on any atom is 0.441 e. The van der Waals surface area contributed by atoms with E-state index in [4.69, 9.17) is 4.42 Å². The number of fused-ring (bicyclic) bond motifs is 1. The monoisotopic (exact) mass is 509 g/mol. The number of thioether (sulfide) groups is 1. The van der Waals surface area contributed by atoms with Gasteiger partial charge in [-0.05, 0) is 55.1 Å². The number of allylic oxidation sites excluding steroid dienone is 2. The number of carbonyl (C=O) groups excluding carboxylic acids is 1. The summed E-state index contributed by atoms with van der Waals surface area (Å²) >= 11 is 1.93. The predicted octanol–water partition coefficient (Wildman–Crippen LogP) is 4.29. The maximum atomic E-state index is 13.6. The first kappa shape index (κ1) is 26.2. The van der Waals surface area contributed by atoms with Gasteiger partial charge in [0.1, 0.15) is 23.0 Å². The number of benzene rings is 1. The molecular weight excluding hydrogens is 474 g/mol. The number of amides is 1. The molecule has 2 unspecified atom stereocenters. The standard InChI is InChI=1S/C27H35N5O3S/c1-18-9-10-19(36-18)16-32-13-11-27(17-28,12-14-32)31-24(33)21(15-26(2,3)4)29-23-20-7-5-6-8-22(20)35-25(34)30-23/h5-9,19,21H,10-16H2,1-4H3,(H,31,33)(H,29,30,34). The first-order valence-electron chi connectivity index (χ1n) is 12.5. The average Bonchev–Trinajstić information content (AvgIpc) is 3.23. The molecule has 8 nitrogen and oxygen atoms in total. The van der Waals surface area contributed by atoms with Crippen molar-refractivity contribution in [2.45, 2.75) is 70.2 Å². The minimum absolute atomic E-state index is 0.182. The number of aromatic nitrogens is 1. The number of piperidine rings is 1. The van der Waals surface area contributed by atoms with Crippen LogP contribution in [0.2, 0.25) is 0 Å². The highest BCUT2D eigenvalue weighted by Gasteiger charge is 2.39. The lowest BCUT2D eigenvalue weighted by Gasteiger charge is -2.39. The minimum Gasteiger partial charge on any atom is -0.408 e. The molecule has 0 saturated carbocycles. The van der Waals surface area contributed by atoms with E-state index >= 15 is 0 Å². The van der Waals surface area contributed by atoms with Crippen molar-refractivity contribution >= 4 is 34.5 Å². The molecule has 2 aliphatic heterocycles. The summed E-state index contributed by atoms with van der Waals surface area (Å²) in [6.07, 6.45) is 5.03. The molecule has 1 saturated heterocycles. The smallest absolute Gasteiger partial charge is 0.408 e. The van der Waals surface area contributed by atoms with E-state index < -0.39 is 17.3 Å². The number of rotatable bonds is 7. The molecule has 1 amide bonds. The first-order valence-corrected chi connectivity index (χ1v) is 13.4. The number of nitriles is 1. The van der Waals surface area contributed by atoms with Gasteiger partial charge >= 0.3 is 5.76 Å². The van der Waals surface area contributed by atoms with Crippen LogP contribution in [0.5, 0.6) is 0 Å². The fourth-order valence-electron chi connectivity index (χ4n) is 4.88.